The summed E-state index contributed by atoms with van der Waals surface area (Å²) in [6.45, 7) is 1.47. The Balaban J connectivity index is 1.67. The molecule has 0 spiro atoms. The van der Waals surface area contributed by atoms with E-state index in [1.54, 1.807) is 18.2 Å². The number of hydrogen-bond acceptors (Lipinski definition) is 4. The number of fused-ring (bicyclic) bond motifs is 1. The number of carbonyl (C=O) groups excluding carboxylic acids is 2. The monoisotopic (exact) mass is 478 g/mol. The molecule has 2 aliphatic rings. The van der Waals surface area contributed by atoms with Crippen LogP contribution in [0.3, 0.4) is 0 Å². The molecule has 2 aromatic rings. The molecule has 2 aliphatic heterocycles. The minimum atomic E-state index is -3.14. The van der Waals surface area contributed by atoms with Gasteiger partial charge in [-0.3, -0.25) is 9.59 Å². The highest BCUT2D eigenvalue weighted by molar-refractivity contribution is 7.91. The van der Waals surface area contributed by atoms with Crippen molar-refractivity contribution in [1.82, 2.24) is 5.32 Å². The van der Waals surface area contributed by atoms with Gasteiger partial charge in [0.25, 0.3) is 12.3 Å². The largest absolute Gasteiger partial charge is 0.345 e. The van der Waals surface area contributed by atoms with Crippen molar-refractivity contribution < 1.29 is 31.2 Å². The van der Waals surface area contributed by atoms with E-state index in [9.17, 15) is 31.2 Å². The van der Waals surface area contributed by atoms with Crippen LogP contribution in [0.5, 0.6) is 0 Å². The van der Waals surface area contributed by atoms with Gasteiger partial charge < -0.3 is 10.6 Å². The zero-order valence-electron chi connectivity index (χ0n) is 17.6. The first kappa shape index (κ1) is 23.0. The average Bonchev–Trinajstić information content (AvgIpc) is 3.12. The van der Waals surface area contributed by atoms with Gasteiger partial charge in [0.05, 0.1) is 40.8 Å². The van der Waals surface area contributed by atoms with E-state index in [0.717, 1.165) is 11.6 Å². The molecule has 0 aromatic heterocycles. The van der Waals surface area contributed by atoms with Gasteiger partial charge in [0.15, 0.2) is 9.84 Å². The maximum atomic E-state index is 14.5. The highest BCUT2D eigenvalue weighted by Crippen LogP contribution is 2.34. The molecule has 0 radical (unpaired) electrons. The fraction of sp³-hybridized carbons (Fsp3) is 0.304. The Bertz CT molecular complexity index is 1290. The number of hydrogen-bond donors (Lipinski definition) is 2. The van der Waals surface area contributed by atoms with Crippen molar-refractivity contribution in [3.63, 3.8) is 0 Å². The number of carbonyl (C=O) groups is 2. The summed E-state index contributed by atoms with van der Waals surface area (Å²) < 4.78 is 64.1. The van der Waals surface area contributed by atoms with Gasteiger partial charge in [-0.2, -0.15) is 0 Å². The number of amides is 2. The molecule has 2 heterocycles. The quantitative estimate of drug-likeness (QED) is 0.681. The number of allylic oxidation sites excluding steroid dienone is 1. The Kier molecular flexibility index (Phi) is 6.04. The molecular weight excluding hydrogens is 457 g/mol. The van der Waals surface area contributed by atoms with Crippen molar-refractivity contribution >= 4 is 32.9 Å². The highest BCUT2D eigenvalue weighted by atomic mass is 32.2. The maximum Gasteiger partial charge on any atom is 0.266 e. The van der Waals surface area contributed by atoms with Gasteiger partial charge in [-0.1, -0.05) is 24.3 Å². The van der Waals surface area contributed by atoms with Crippen LogP contribution in [-0.2, 0) is 21.1 Å². The summed E-state index contributed by atoms with van der Waals surface area (Å²) in [6.07, 6.45) is -1.04. The molecule has 0 unspecified atom stereocenters. The minimum absolute atomic E-state index is 0.00852. The number of benzene rings is 2. The van der Waals surface area contributed by atoms with Gasteiger partial charge in [0, 0.05) is 5.56 Å². The van der Waals surface area contributed by atoms with E-state index in [-0.39, 0.29) is 41.4 Å². The number of alkyl halides is 2. The summed E-state index contributed by atoms with van der Waals surface area (Å²) in [6, 6.07) is 5.99. The van der Waals surface area contributed by atoms with Crippen LogP contribution in [-0.4, -0.2) is 31.7 Å². The molecule has 0 bridgehead atoms. The third-order valence-corrected chi connectivity index (χ3v) is 7.33. The molecule has 10 heteroatoms. The first-order valence-corrected chi connectivity index (χ1v) is 12.1. The standard InChI is InChI=1S/C23H21F3N2O4S/c1-12(16-3-2-4-17(20(16)24)22(25)26)27-23(30)18-10-14(9-15-11-19(29)28-21(15)18)13-5-7-33(31,32)8-6-13/h2-5,9-10,12,22H,6-8,11H2,1H3,(H,27,30)(H,28,29)/t12-/m1/s1. The summed E-state index contributed by atoms with van der Waals surface area (Å²) in [5, 5.41) is 5.27. The van der Waals surface area contributed by atoms with Crippen LogP contribution in [0.15, 0.2) is 36.4 Å². The van der Waals surface area contributed by atoms with Crippen molar-refractivity contribution in [2.75, 3.05) is 16.8 Å². The summed E-state index contributed by atoms with van der Waals surface area (Å²) in [5.74, 6) is -2.10. The molecular formula is C23H21F3N2O4S. The summed E-state index contributed by atoms with van der Waals surface area (Å²) in [7, 11) is -3.14. The Morgan fingerprint density at radius 1 is 1.18 bits per heavy atom. The fourth-order valence-electron chi connectivity index (χ4n) is 4.07. The molecule has 2 amide bonds. The Labute approximate surface area is 188 Å². The summed E-state index contributed by atoms with van der Waals surface area (Å²) in [4.78, 5) is 25.1. The van der Waals surface area contributed by atoms with Crippen LogP contribution in [0.4, 0.5) is 18.9 Å². The van der Waals surface area contributed by atoms with Gasteiger partial charge in [-0.05, 0) is 42.2 Å². The number of halogens is 3. The number of anilines is 1. The second-order valence-electron chi connectivity index (χ2n) is 8.12. The van der Waals surface area contributed by atoms with Gasteiger partial charge in [-0.25, -0.2) is 21.6 Å². The topological polar surface area (TPSA) is 92.3 Å². The molecule has 4 rings (SSSR count). The predicted octanol–water partition coefficient (Wildman–Crippen LogP) is 3.95. The van der Waals surface area contributed by atoms with Crippen molar-refractivity contribution in [2.24, 2.45) is 0 Å². The third-order valence-electron chi connectivity index (χ3n) is 5.82. The van der Waals surface area contributed by atoms with Crippen molar-refractivity contribution in [3.05, 3.63) is 70.0 Å². The SMILES string of the molecule is C[C@@H](NC(=O)c1cc(C2=CCS(=O)(=O)CC2)cc2c1NC(=O)C2)c1cccc(C(F)F)c1F. The first-order chi connectivity index (χ1) is 15.6. The van der Waals surface area contributed by atoms with Gasteiger partial charge in [0.2, 0.25) is 5.91 Å². The van der Waals surface area contributed by atoms with Gasteiger partial charge in [-0.15, -0.1) is 0 Å². The summed E-state index contributed by atoms with van der Waals surface area (Å²) in [5.41, 5.74) is 1.62. The van der Waals surface area contributed by atoms with Gasteiger partial charge >= 0.3 is 0 Å². The van der Waals surface area contributed by atoms with Crippen LogP contribution < -0.4 is 10.6 Å². The van der Waals surface area contributed by atoms with E-state index in [2.05, 4.69) is 10.6 Å². The Morgan fingerprint density at radius 3 is 2.58 bits per heavy atom. The first-order valence-electron chi connectivity index (χ1n) is 10.3. The van der Waals surface area contributed by atoms with E-state index in [1.807, 2.05) is 0 Å². The van der Waals surface area contributed by atoms with Crippen LogP contribution in [0.1, 0.15) is 58.4 Å². The molecule has 174 valence electrons. The molecule has 0 aliphatic carbocycles. The van der Waals surface area contributed by atoms with Crippen LogP contribution in [0, 0.1) is 5.82 Å². The zero-order chi connectivity index (χ0) is 23.9. The van der Waals surface area contributed by atoms with Gasteiger partial charge in [0.1, 0.15) is 5.82 Å². The fourth-order valence-corrected chi connectivity index (χ4v) is 5.23. The molecule has 0 saturated carbocycles. The Morgan fingerprint density at radius 2 is 1.91 bits per heavy atom. The average molecular weight is 478 g/mol. The number of nitrogens with one attached hydrogen (secondary N) is 2. The van der Waals surface area contributed by atoms with Crippen molar-refractivity contribution in [3.8, 4) is 0 Å². The van der Waals surface area contributed by atoms with E-state index in [4.69, 9.17) is 0 Å². The van der Waals surface area contributed by atoms with E-state index >= 15 is 0 Å². The van der Waals surface area contributed by atoms with Crippen LogP contribution in [0.2, 0.25) is 0 Å². The summed E-state index contributed by atoms with van der Waals surface area (Å²) >= 11 is 0. The highest BCUT2D eigenvalue weighted by Gasteiger charge is 2.28. The number of sulfone groups is 1. The van der Waals surface area contributed by atoms with Crippen LogP contribution in [0.25, 0.3) is 5.57 Å². The number of rotatable bonds is 5. The minimum Gasteiger partial charge on any atom is -0.345 e. The lowest BCUT2D eigenvalue weighted by atomic mass is 9.95. The molecule has 1 atom stereocenters. The molecule has 0 saturated heterocycles. The van der Waals surface area contributed by atoms with E-state index in [1.165, 1.54) is 19.1 Å². The Hall–Kier alpha value is -3.14. The zero-order valence-corrected chi connectivity index (χ0v) is 18.4. The van der Waals surface area contributed by atoms with Crippen molar-refractivity contribution in [2.45, 2.75) is 32.2 Å². The molecule has 6 nitrogen and oxygen atoms in total. The second-order valence-corrected chi connectivity index (χ2v) is 10.4. The second kappa shape index (κ2) is 8.66. The predicted molar refractivity (Wildman–Crippen MR) is 117 cm³/mol. The molecule has 33 heavy (non-hydrogen) atoms. The lowest BCUT2D eigenvalue weighted by molar-refractivity contribution is -0.115. The lowest BCUT2D eigenvalue weighted by Crippen LogP contribution is -2.28. The molecule has 0 fully saturated rings. The molecule has 2 aromatic carbocycles. The molecule has 2 N–H and O–H groups in total. The van der Waals surface area contributed by atoms with E-state index in [0.29, 0.717) is 16.8 Å². The maximum absolute atomic E-state index is 14.5. The normalized spacial score (nSPS) is 17.8. The van der Waals surface area contributed by atoms with Crippen molar-refractivity contribution in [1.29, 1.82) is 0 Å². The lowest BCUT2D eigenvalue weighted by Gasteiger charge is -2.19. The van der Waals surface area contributed by atoms with Crippen LogP contribution >= 0.6 is 0 Å². The third kappa shape index (κ3) is 4.66. The van der Waals surface area contributed by atoms with E-state index < -0.39 is 39.6 Å². The smallest absolute Gasteiger partial charge is 0.266 e.